The molecule has 3 N–H and O–H groups in total. The molecule has 3 nitrogen and oxygen atoms in total. The molecule has 0 radical (unpaired) electrons. The molecule has 0 atom stereocenters. The fourth-order valence-electron chi connectivity index (χ4n) is 1.66. The lowest BCUT2D eigenvalue weighted by Crippen LogP contribution is -2.12. The zero-order chi connectivity index (χ0) is 15.2. The van der Waals surface area contributed by atoms with Crippen molar-refractivity contribution in [2.24, 2.45) is 0 Å². The molecule has 0 spiro atoms. The quantitative estimate of drug-likeness (QED) is 0.612. The lowest BCUT2D eigenvalue weighted by molar-refractivity contribution is -0.115. The Labute approximate surface area is 137 Å². The predicted octanol–water partition coefficient (Wildman–Crippen LogP) is 4.70. The molecule has 0 bridgehead atoms. The summed E-state index contributed by atoms with van der Waals surface area (Å²) in [6.07, 6.45) is 0.387. The van der Waals surface area contributed by atoms with Crippen molar-refractivity contribution >= 4 is 52.2 Å². The Bertz CT molecular complexity index is 649. The van der Waals surface area contributed by atoms with Crippen molar-refractivity contribution in [1.29, 1.82) is 0 Å². The van der Waals surface area contributed by atoms with Gasteiger partial charge in [0.15, 0.2) is 0 Å². The van der Waals surface area contributed by atoms with E-state index >= 15 is 0 Å². The molecular formula is C15H14Cl2N2OS. The van der Waals surface area contributed by atoms with E-state index in [4.69, 9.17) is 28.9 Å². The summed E-state index contributed by atoms with van der Waals surface area (Å²) in [4.78, 5) is 12.9. The predicted molar refractivity (Wildman–Crippen MR) is 91.3 cm³/mol. The molecule has 0 saturated carbocycles. The Balaban J connectivity index is 1.82. The fraction of sp³-hybridized carbons (Fsp3) is 0.133. The first kappa shape index (κ1) is 16.0. The van der Waals surface area contributed by atoms with Crippen LogP contribution in [0, 0.1) is 0 Å². The number of benzene rings is 2. The van der Waals surface area contributed by atoms with Crippen LogP contribution >= 0.6 is 35.0 Å². The number of halogens is 2. The Kier molecular flexibility index (Phi) is 5.79. The zero-order valence-corrected chi connectivity index (χ0v) is 13.4. The van der Waals surface area contributed by atoms with Crippen LogP contribution in [0.25, 0.3) is 0 Å². The number of nitrogens with one attached hydrogen (secondary N) is 1. The van der Waals surface area contributed by atoms with Gasteiger partial charge in [0.05, 0.1) is 10.7 Å². The molecule has 0 aliphatic heterocycles. The fourth-order valence-corrected chi connectivity index (χ4v) is 3.06. The second-order valence-electron chi connectivity index (χ2n) is 4.34. The van der Waals surface area contributed by atoms with Gasteiger partial charge in [-0.05, 0) is 36.4 Å². The molecule has 0 heterocycles. The number of nitrogens with two attached hydrogens (primary N) is 1. The molecule has 1 amide bonds. The number of thioether (sulfide) groups is 1. The van der Waals surface area contributed by atoms with Gasteiger partial charge in [-0.1, -0.05) is 29.3 Å². The smallest absolute Gasteiger partial charge is 0.225 e. The number of hydrogen-bond acceptors (Lipinski definition) is 3. The molecule has 0 unspecified atom stereocenters. The van der Waals surface area contributed by atoms with Crippen molar-refractivity contribution in [2.75, 3.05) is 16.8 Å². The highest BCUT2D eigenvalue weighted by molar-refractivity contribution is 7.99. The van der Waals surface area contributed by atoms with Gasteiger partial charge in [0.1, 0.15) is 0 Å². The van der Waals surface area contributed by atoms with E-state index in [9.17, 15) is 4.79 Å². The van der Waals surface area contributed by atoms with Crippen LogP contribution in [0.5, 0.6) is 0 Å². The number of carbonyl (C=O) groups is 1. The van der Waals surface area contributed by atoms with E-state index in [-0.39, 0.29) is 5.91 Å². The van der Waals surface area contributed by atoms with Crippen LogP contribution in [0.4, 0.5) is 11.4 Å². The lowest BCUT2D eigenvalue weighted by atomic mass is 10.3. The summed E-state index contributed by atoms with van der Waals surface area (Å²) in [6, 6.07) is 12.5. The molecule has 110 valence electrons. The van der Waals surface area contributed by atoms with Crippen LogP contribution in [0.15, 0.2) is 47.4 Å². The molecule has 6 heteroatoms. The highest BCUT2D eigenvalue weighted by atomic mass is 35.5. The minimum Gasteiger partial charge on any atom is -0.399 e. The second-order valence-corrected chi connectivity index (χ2v) is 6.36. The number of nitrogen functional groups attached to an aromatic ring is 1. The lowest BCUT2D eigenvalue weighted by Gasteiger charge is -2.08. The van der Waals surface area contributed by atoms with E-state index in [2.05, 4.69) is 5.32 Å². The largest absolute Gasteiger partial charge is 0.399 e. The van der Waals surface area contributed by atoms with Crippen molar-refractivity contribution in [3.63, 3.8) is 0 Å². The molecule has 2 aromatic carbocycles. The molecule has 2 rings (SSSR count). The first-order chi connectivity index (χ1) is 10.0. The van der Waals surface area contributed by atoms with Crippen LogP contribution in [0.3, 0.4) is 0 Å². The summed E-state index contributed by atoms with van der Waals surface area (Å²) in [5.74, 6) is 0.579. The van der Waals surface area contributed by atoms with Gasteiger partial charge >= 0.3 is 0 Å². The third-order valence-corrected chi connectivity index (χ3v) is 4.20. The highest BCUT2D eigenvalue weighted by Crippen LogP contribution is 2.25. The van der Waals surface area contributed by atoms with Crippen LogP contribution in [-0.4, -0.2) is 11.7 Å². The van der Waals surface area contributed by atoms with Crippen LogP contribution in [-0.2, 0) is 4.79 Å². The van der Waals surface area contributed by atoms with Gasteiger partial charge in [-0.2, -0.15) is 0 Å². The first-order valence-electron chi connectivity index (χ1n) is 6.28. The average Bonchev–Trinajstić information content (AvgIpc) is 2.42. The van der Waals surface area contributed by atoms with Crippen LogP contribution in [0.1, 0.15) is 6.42 Å². The standard InChI is InChI=1S/C15H14Cl2N2OS/c16-10-2-1-3-12(8-10)21-7-6-15(20)19-14-5-4-11(18)9-13(14)17/h1-5,8-9H,6-7,18H2,(H,19,20). The third-order valence-electron chi connectivity index (χ3n) is 2.66. The SMILES string of the molecule is Nc1ccc(NC(=O)CCSc2cccc(Cl)c2)c(Cl)c1. The molecule has 21 heavy (non-hydrogen) atoms. The van der Waals surface area contributed by atoms with Crippen LogP contribution in [0.2, 0.25) is 10.0 Å². The molecule has 2 aromatic rings. The number of anilines is 2. The van der Waals surface area contributed by atoms with E-state index in [1.165, 1.54) is 0 Å². The normalized spacial score (nSPS) is 10.4. The third kappa shape index (κ3) is 5.16. The Morgan fingerprint density at radius 2 is 2.00 bits per heavy atom. The topological polar surface area (TPSA) is 55.1 Å². The maximum atomic E-state index is 11.9. The van der Waals surface area contributed by atoms with Gasteiger partial charge in [-0.3, -0.25) is 4.79 Å². The maximum Gasteiger partial charge on any atom is 0.225 e. The van der Waals surface area contributed by atoms with E-state index in [0.717, 1.165) is 4.90 Å². The number of amides is 1. The zero-order valence-electron chi connectivity index (χ0n) is 11.1. The molecule has 0 saturated heterocycles. The van der Waals surface area contributed by atoms with Crippen LogP contribution < -0.4 is 11.1 Å². The Hall–Kier alpha value is -1.36. The van der Waals surface area contributed by atoms with Gasteiger partial charge in [0, 0.05) is 27.8 Å². The number of hydrogen-bond donors (Lipinski definition) is 2. The van der Waals surface area contributed by atoms with E-state index < -0.39 is 0 Å². The number of rotatable bonds is 5. The van der Waals surface area contributed by atoms with Crippen molar-refractivity contribution in [3.05, 3.63) is 52.5 Å². The van der Waals surface area contributed by atoms with Gasteiger partial charge in [0.2, 0.25) is 5.91 Å². The Morgan fingerprint density at radius 1 is 1.19 bits per heavy atom. The summed E-state index contributed by atoms with van der Waals surface area (Å²) in [5, 5.41) is 3.90. The molecule has 0 aliphatic carbocycles. The van der Waals surface area contributed by atoms with Crippen molar-refractivity contribution < 1.29 is 4.79 Å². The summed E-state index contributed by atoms with van der Waals surface area (Å²) in [7, 11) is 0. The van der Waals surface area contributed by atoms with E-state index in [1.54, 1.807) is 30.0 Å². The number of carbonyl (C=O) groups excluding carboxylic acids is 1. The summed E-state index contributed by atoms with van der Waals surface area (Å²) >= 11 is 13.5. The first-order valence-corrected chi connectivity index (χ1v) is 8.02. The van der Waals surface area contributed by atoms with Crippen molar-refractivity contribution in [1.82, 2.24) is 0 Å². The monoisotopic (exact) mass is 340 g/mol. The van der Waals surface area contributed by atoms with Crippen molar-refractivity contribution in [3.8, 4) is 0 Å². The average molecular weight is 341 g/mol. The highest BCUT2D eigenvalue weighted by Gasteiger charge is 2.06. The summed E-state index contributed by atoms with van der Waals surface area (Å²) < 4.78 is 0. The van der Waals surface area contributed by atoms with Crippen molar-refractivity contribution in [2.45, 2.75) is 11.3 Å². The van der Waals surface area contributed by atoms with Gasteiger partial charge < -0.3 is 11.1 Å². The minimum atomic E-state index is -0.0869. The molecule has 0 aromatic heterocycles. The molecular weight excluding hydrogens is 327 g/mol. The Morgan fingerprint density at radius 3 is 2.71 bits per heavy atom. The summed E-state index contributed by atoms with van der Waals surface area (Å²) in [6.45, 7) is 0. The maximum absolute atomic E-state index is 11.9. The van der Waals surface area contributed by atoms with E-state index in [0.29, 0.717) is 33.6 Å². The second kappa shape index (κ2) is 7.59. The minimum absolute atomic E-state index is 0.0869. The van der Waals surface area contributed by atoms with E-state index in [1.807, 2.05) is 24.3 Å². The van der Waals surface area contributed by atoms with Gasteiger partial charge in [-0.15, -0.1) is 11.8 Å². The molecule has 0 fully saturated rings. The summed E-state index contributed by atoms with van der Waals surface area (Å²) in [5.41, 5.74) is 6.74. The van der Waals surface area contributed by atoms with Gasteiger partial charge in [0.25, 0.3) is 0 Å². The van der Waals surface area contributed by atoms with Gasteiger partial charge in [-0.25, -0.2) is 0 Å². The molecule has 0 aliphatic rings.